The Bertz CT molecular complexity index is 536. The number of nitrogens with zero attached hydrogens (tertiary/aromatic N) is 2. The fraction of sp³-hybridized carbons (Fsp3) is 0.733. The summed E-state index contributed by atoms with van der Waals surface area (Å²) in [5.74, 6) is 0.678. The molecule has 2 N–H and O–H groups in total. The fourth-order valence-corrected chi connectivity index (χ4v) is 3.04. The number of anilines is 1. The van der Waals surface area contributed by atoms with Crippen LogP contribution in [0.2, 0.25) is 5.02 Å². The van der Waals surface area contributed by atoms with E-state index in [1.54, 1.807) is 6.20 Å². The molecular formula is C15H24ClN3O2. The van der Waals surface area contributed by atoms with Crippen LogP contribution in [0.15, 0.2) is 11.0 Å². The largest absolute Gasteiger partial charge is 0.394 e. The van der Waals surface area contributed by atoms with Crippen molar-refractivity contribution in [1.29, 1.82) is 0 Å². The quantitative estimate of drug-likeness (QED) is 0.877. The Balaban J connectivity index is 2.22. The van der Waals surface area contributed by atoms with E-state index >= 15 is 0 Å². The minimum atomic E-state index is -0.388. The van der Waals surface area contributed by atoms with Crippen molar-refractivity contribution >= 4 is 17.3 Å². The Hall–Kier alpha value is -1.07. The van der Waals surface area contributed by atoms with Gasteiger partial charge in [0.1, 0.15) is 5.02 Å². The molecule has 21 heavy (non-hydrogen) atoms. The summed E-state index contributed by atoms with van der Waals surface area (Å²) < 4.78 is 1.38. The van der Waals surface area contributed by atoms with E-state index < -0.39 is 0 Å². The predicted octanol–water partition coefficient (Wildman–Crippen LogP) is 2.66. The molecular weight excluding hydrogens is 290 g/mol. The molecule has 0 aromatic carbocycles. The Labute approximate surface area is 130 Å². The van der Waals surface area contributed by atoms with Gasteiger partial charge in [-0.3, -0.25) is 4.79 Å². The third-order valence-electron chi connectivity index (χ3n) is 4.35. The van der Waals surface area contributed by atoms with Crippen LogP contribution in [0.1, 0.15) is 46.0 Å². The zero-order valence-electron chi connectivity index (χ0n) is 12.7. The third-order valence-corrected chi connectivity index (χ3v) is 4.72. The zero-order valence-corrected chi connectivity index (χ0v) is 13.5. The van der Waals surface area contributed by atoms with Gasteiger partial charge in [0.2, 0.25) is 0 Å². The standard InChI is InChI=1S/C15H24ClN3O2/c1-3-8-19-14(21)13(16)12(9-17-19)18-15(10-20)6-4-11(2)5-7-15/h9,11,18,20H,3-8,10H2,1-2H3. The van der Waals surface area contributed by atoms with Crippen molar-refractivity contribution in [2.75, 3.05) is 11.9 Å². The SMILES string of the molecule is CCCn1ncc(NC2(CO)CCC(C)CC2)c(Cl)c1=O. The minimum Gasteiger partial charge on any atom is -0.394 e. The van der Waals surface area contributed by atoms with Crippen LogP contribution < -0.4 is 10.9 Å². The second-order valence-electron chi connectivity index (χ2n) is 6.15. The van der Waals surface area contributed by atoms with Crippen LogP contribution >= 0.6 is 11.6 Å². The maximum atomic E-state index is 12.1. The first-order valence-electron chi connectivity index (χ1n) is 7.66. The number of aryl methyl sites for hydroxylation is 1. The second kappa shape index (κ2) is 6.79. The summed E-state index contributed by atoms with van der Waals surface area (Å²) in [5, 5.41) is 17.4. The minimum absolute atomic E-state index is 0.0358. The third kappa shape index (κ3) is 3.58. The second-order valence-corrected chi connectivity index (χ2v) is 6.52. The maximum Gasteiger partial charge on any atom is 0.287 e. The lowest BCUT2D eigenvalue weighted by molar-refractivity contribution is 0.155. The molecule has 0 saturated heterocycles. The van der Waals surface area contributed by atoms with Crippen molar-refractivity contribution in [2.45, 2.75) is 58.0 Å². The van der Waals surface area contributed by atoms with Crippen LogP contribution in [0, 0.1) is 5.92 Å². The maximum absolute atomic E-state index is 12.1. The van der Waals surface area contributed by atoms with Crippen molar-refractivity contribution in [1.82, 2.24) is 9.78 Å². The topological polar surface area (TPSA) is 67.2 Å². The van der Waals surface area contributed by atoms with Crippen LogP contribution in [0.3, 0.4) is 0 Å². The highest BCUT2D eigenvalue weighted by Gasteiger charge is 2.34. The Morgan fingerprint density at radius 3 is 2.76 bits per heavy atom. The summed E-state index contributed by atoms with van der Waals surface area (Å²) in [5.41, 5.74) is -0.139. The fourth-order valence-electron chi connectivity index (χ4n) is 2.85. The normalized spacial score (nSPS) is 25.8. The highest BCUT2D eigenvalue weighted by molar-refractivity contribution is 6.32. The number of aliphatic hydroxyl groups is 1. The Morgan fingerprint density at radius 2 is 2.19 bits per heavy atom. The van der Waals surface area contributed by atoms with E-state index in [0.717, 1.165) is 32.1 Å². The highest BCUT2D eigenvalue weighted by Crippen LogP contribution is 2.35. The molecule has 6 heteroatoms. The average Bonchev–Trinajstić information content (AvgIpc) is 2.49. The molecule has 1 aromatic heterocycles. The number of hydrogen-bond donors (Lipinski definition) is 2. The summed E-state index contributed by atoms with van der Waals surface area (Å²) in [6.07, 6.45) is 6.29. The smallest absolute Gasteiger partial charge is 0.287 e. The molecule has 0 spiro atoms. The number of nitrogens with one attached hydrogen (secondary N) is 1. The van der Waals surface area contributed by atoms with Gasteiger partial charge >= 0.3 is 0 Å². The number of hydrogen-bond acceptors (Lipinski definition) is 4. The molecule has 1 fully saturated rings. The van der Waals surface area contributed by atoms with E-state index in [2.05, 4.69) is 17.3 Å². The Kier molecular flexibility index (Phi) is 5.27. The van der Waals surface area contributed by atoms with Gasteiger partial charge in [0, 0.05) is 6.54 Å². The van der Waals surface area contributed by atoms with E-state index in [0.29, 0.717) is 18.2 Å². The number of aliphatic hydroxyl groups excluding tert-OH is 1. The van der Waals surface area contributed by atoms with Gasteiger partial charge in [0.15, 0.2) is 0 Å². The van der Waals surface area contributed by atoms with Gasteiger partial charge in [-0.1, -0.05) is 25.4 Å². The lowest BCUT2D eigenvalue weighted by Gasteiger charge is -2.39. The summed E-state index contributed by atoms with van der Waals surface area (Å²) in [6.45, 7) is 4.80. The van der Waals surface area contributed by atoms with Gasteiger partial charge in [0.25, 0.3) is 5.56 Å². The molecule has 5 nitrogen and oxygen atoms in total. The van der Waals surface area contributed by atoms with Gasteiger partial charge in [-0.25, -0.2) is 4.68 Å². The van der Waals surface area contributed by atoms with Crippen LogP contribution in [0.5, 0.6) is 0 Å². The molecule has 118 valence electrons. The molecule has 0 radical (unpaired) electrons. The zero-order chi connectivity index (χ0) is 15.5. The van der Waals surface area contributed by atoms with Crippen molar-refractivity contribution in [3.63, 3.8) is 0 Å². The van der Waals surface area contributed by atoms with Crippen molar-refractivity contribution in [3.8, 4) is 0 Å². The first kappa shape index (κ1) is 16.3. The summed E-state index contributed by atoms with van der Waals surface area (Å²) in [6, 6.07) is 0. The molecule has 0 atom stereocenters. The number of aromatic nitrogens is 2. The van der Waals surface area contributed by atoms with E-state index in [4.69, 9.17) is 11.6 Å². The summed E-state index contributed by atoms with van der Waals surface area (Å²) in [4.78, 5) is 12.1. The van der Waals surface area contributed by atoms with Gasteiger partial charge in [-0.2, -0.15) is 5.10 Å². The van der Waals surface area contributed by atoms with Gasteiger partial charge < -0.3 is 10.4 Å². The van der Waals surface area contributed by atoms with Gasteiger partial charge in [0.05, 0.1) is 24.0 Å². The van der Waals surface area contributed by atoms with Gasteiger partial charge in [-0.15, -0.1) is 0 Å². The van der Waals surface area contributed by atoms with Crippen LogP contribution in [-0.2, 0) is 6.54 Å². The molecule has 0 aliphatic heterocycles. The number of halogens is 1. The van der Waals surface area contributed by atoms with Crippen molar-refractivity contribution in [2.24, 2.45) is 5.92 Å². The molecule has 2 rings (SSSR count). The van der Waals surface area contributed by atoms with E-state index in [1.165, 1.54) is 4.68 Å². The molecule has 1 aliphatic rings. The van der Waals surface area contributed by atoms with Gasteiger partial charge in [-0.05, 0) is 38.0 Å². The summed E-state index contributed by atoms with van der Waals surface area (Å²) >= 11 is 6.18. The van der Waals surface area contributed by atoms with E-state index in [9.17, 15) is 9.90 Å². The highest BCUT2D eigenvalue weighted by atomic mass is 35.5. The van der Waals surface area contributed by atoms with E-state index in [1.807, 2.05) is 6.92 Å². The van der Waals surface area contributed by atoms with Crippen molar-refractivity contribution in [3.05, 3.63) is 21.6 Å². The summed E-state index contributed by atoms with van der Waals surface area (Å²) in [7, 11) is 0. The first-order valence-corrected chi connectivity index (χ1v) is 8.04. The first-order chi connectivity index (χ1) is 10.0. The van der Waals surface area contributed by atoms with Crippen LogP contribution in [0.4, 0.5) is 5.69 Å². The molecule has 0 amide bonds. The van der Waals surface area contributed by atoms with Crippen LogP contribution in [0.25, 0.3) is 0 Å². The molecule has 1 heterocycles. The predicted molar refractivity (Wildman–Crippen MR) is 84.9 cm³/mol. The average molecular weight is 314 g/mol. The van der Waals surface area contributed by atoms with Crippen molar-refractivity contribution < 1.29 is 5.11 Å². The lowest BCUT2D eigenvalue weighted by Crippen LogP contribution is -2.45. The molecule has 1 aromatic rings. The monoisotopic (exact) mass is 313 g/mol. The molecule has 0 unspecified atom stereocenters. The Morgan fingerprint density at radius 1 is 1.52 bits per heavy atom. The lowest BCUT2D eigenvalue weighted by atomic mass is 9.77. The number of rotatable bonds is 5. The molecule has 1 saturated carbocycles. The molecule has 0 bridgehead atoms. The van der Waals surface area contributed by atoms with Crippen LogP contribution in [-0.4, -0.2) is 27.0 Å². The van der Waals surface area contributed by atoms with E-state index in [-0.39, 0.29) is 22.7 Å². The molecule has 1 aliphatic carbocycles.